The quantitative estimate of drug-likeness (QED) is 0.526. The van der Waals surface area contributed by atoms with Crippen molar-refractivity contribution in [1.82, 2.24) is 5.32 Å². The van der Waals surface area contributed by atoms with Crippen LogP contribution in [0.1, 0.15) is 28.0 Å². The highest BCUT2D eigenvalue weighted by Crippen LogP contribution is 2.25. The van der Waals surface area contributed by atoms with Crippen LogP contribution in [0.4, 0.5) is 0 Å². The maximum Gasteiger partial charge on any atom is 0.232 e. The second-order valence-corrected chi connectivity index (χ2v) is 9.16. The summed E-state index contributed by atoms with van der Waals surface area (Å²) in [5.41, 5.74) is 2.06. The largest absolute Gasteiger partial charge is 0.349 e. The lowest BCUT2D eigenvalue weighted by molar-refractivity contribution is -1.02. The second kappa shape index (κ2) is 10.0. The van der Waals surface area contributed by atoms with E-state index in [1.54, 1.807) is 21.1 Å². The molecule has 1 amide bonds. The molecule has 0 radical (unpaired) electrons. The standard InChI is InChI=1S/C25H29N3OS/c1-27-14-16-28(17-15-27)22(23-13-8-18-30-23)19-26-25(29)24(20-9-4-2-5-10-20)21-11-6-3-7-12-21/h2-13,18,22,24H,14-17,19H2,1H3,(H,26,29)/p+2/t22-/m0/s1. The van der Waals surface area contributed by atoms with E-state index in [9.17, 15) is 4.79 Å². The van der Waals surface area contributed by atoms with E-state index in [2.05, 4.69) is 29.9 Å². The van der Waals surface area contributed by atoms with Gasteiger partial charge in [-0.15, -0.1) is 11.3 Å². The lowest BCUT2D eigenvalue weighted by Gasteiger charge is -2.33. The molecule has 1 aromatic heterocycles. The monoisotopic (exact) mass is 421 g/mol. The SMILES string of the molecule is C[NH+]1CC[NH+]([C@@H](CNC(=O)C(c2ccccc2)c2ccccc2)c2cccs2)CC1. The molecule has 1 fully saturated rings. The Kier molecular flexibility index (Phi) is 6.95. The molecular weight excluding hydrogens is 390 g/mol. The third-order valence-electron chi connectivity index (χ3n) is 6.13. The minimum absolute atomic E-state index is 0.0770. The minimum atomic E-state index is -0.289. The summed E-state index contributed by atoms with van der Waals surface area (Å²) in [6.45, 7) is 5.32. The number of carbonyl (C=O) groups excluding carboxylic acids is 1. The molecule has 0 bridgehead atoms. The number of amides is 1. The number of nitrogens with one attached hydrogen (secondary N) is 3. The smallest absolute Gasteiger partial charge is 0.232 e. The van der Waals surface area contributed by atoms with Crippen molar-refractivity contribution in [3.05, 3.63) is 94.2 Å². The Balaban J connectivity index is 1.52. The lowest BCUT2D eigenvalue weighted by Crippen LogP contribution is -3.27. The Bertz CT molecular complexity index is 867. The van der Waals surface area contributed by atoms with Crippen molar-refractivity contribution in [2.24, 2.45) is 0 Å². The zero-order chi connectivity index (χ0) is 20.8. The summed E-state index contributed by atoms with van der Waals surface area (Å²) in [6.07, 6.45) is 0. The number of hydrogen-bond donors (Lipinski definition) is 3. The van der Waals surface area contributed by atoms with Gasteiger partial charge in [-0.05, 0) is 22.6 Å². The number of quaternary nitrogens is 2. The zero-order valence-electron chi connectivity index (χ0n) is 17.5. The Morgan fingerprint density at radius 2 is 1.50 bits per heavy atom. The normalized spacial score (nSPS) is 20.1. The molecule has 0 unspecified atom stereocenters. The number of carbonyl (C=O) groups is 1. The van der Waals surface area contributed by atoms with Gasteiger partial charge in [-0.2, -0.15) is 0 Å². The molecule has 0 aliphatic carbocycles. The predicted molar refractivity (Wildman–Crippen MR) is 122 cm³/mol. The molecule has 1 atom stereocenters. The van der Waals surface area contributed by atoms with Gasteiger partial charge in [0.05, 0.1) is 24.4 Å². The number of hydrogen-bond acceptors (Lipinski definition) is 2. The fraction of sp³-hybridized carbons (Fsp3) is 0.320. The van der Waals surface area contributed by atoms with E-state index in [1.807, 2.05) is 60.7 Å². The van der Waals surface area contributed by atoms with E-state index in [4.69, 9.17) is 0 Å². The maximum atomic E-state index is 13.4. The second-order valence-electron chi connectivity index (χ2n) is 8.18. The Morgan fingerprint density at radius 1 is 0.900 bits per heavy atom. The molecule has 4 rings (SSSR count). The summed E-state index contributed by atoms with van der Waals surface area (Å²) in [4.78, 5) is 18.0. The molecule has 2 aromatic carbocycles. The van der Waals surface area contributed by atoms with Crippen LogP contribution in [0.2, 0.25) is 0 Å². The minimum Gasteiger partial charge on any atom is -0.349 e. The van der Waals surface area contributed by atoms with E-state index < -0.39 is 0 Å². The van der Waals surface area contributed by atoms with Gasteiger partial charge in [-0.25, -0.2) is 0 Å². The average Bonchev–Trinajstić information content (AvgIpc) is 3.31. The lowest BCUT2D eigenvalue weighted by atomic mass is 9.90. The first-order valence-corrected chi connectivity index (χ1v) is 11.7. The number of likely N-dealkylation sites (N-methyl/N-ethyl adjacent to an activating group) is 1. The van der Waals surface area contributed by atoms with Crippen LogP contribution in [0, 0.1) is 0 Å². The van der Waals surface area contributed by atoms with Gasteiger partial charge in [0.1, 0.15) is 32.2 Å². The van der Waals surface area contributed by atoms with Gasteiger partial charge in [0, 0.05) is 0 Å². The van der Waals surface area contributed by atoms with Gasteiger partial charge < -0.3 is 15.1 Å². The van der Waals surface area contributed by atoms with Crippen LogP contribution in [0.15, 0.2) is 78.2 Å². The van der Waals surface area contributed by atoms with Gasteiger partial charge in [0.15, 0.2) is 0 Å². The number of piperazine rings is 1. The predicted octanol–water partition coefficient (Wildman–Crippen LogP) is 1.15. The summed E-state index contributed by atoms with van der Waals surface area (Å²) in [5, 5.41) is 5.46. The zero-order valence-corrected chi connectivity index (χ0v) is 18.3. The van der Waals surface area contributed by atoms with Crippen LogP contribution in [0.3, 0.4) is 0 Å². The topological polar surface area (TPSA) is 38.0 Å². The number of rotatable bonds is 7. The van der Waals surface area contributed by atoms with Crippen molar-refractivity contribution in [2.75, 3.05) is 39.8 Å². The molecule has 3 aromatic rings. The third kappa shape index (κ3) is 4.98. The highest BCUT2D eigenvalue weighted by Gasteiger charge is 2.31. The fourth-order valence-corrected chi connectivity index (χ4v) is 5.26. The third-order valence-corrected chi connectivity index (χ3v) is 7.12. The van der Waals surface area contributed by atoms with Crippen molar-refractivity contribution < 1.29 is 14.6 Å². The molecule has 5 heteroatoms. The van der Waals surface area contributed by atoms with Gasteiger partial charge in [-0.3, -0.25) is 4.79 Å². The first-order chi connectivity index (χ1) is 14.7. The molecule has 1 aliphatic heterocycles. The van der Waals surface area contributed by atoms with Crippen molar-refractivity contribution in [3.63, 3.8) is 0 Å². The molecule has 156 valence electrons. The molecule has 3 N–H and O–H groups in total. The molecule has 0 spiro atoms. The summed E-state index contributed by atoms with van der Waals surface area (Å²) in [7, 11) is 2.27. The van der Waals surface area contributed by atoms with Gasteiger partial charge >= 0.3 is 0 Å². The Hall–Kier alpha value is -2.47. The number of thiophene rings is 1. The van der Waals surface area contributed by atoms with Crippen LogP contribution in [0.5, 0.6) is 0 Å². The van der Waals surface area contributed by atoms with Gasteiger partial charge in [0.2, 0.25) is 5.91 Å². The van der Waals surface area contributed by atoms with Crippen molar-refractivity contribution >= 4 is 17.2 Å². The summed E-state index contributed by atoms with van der Waals surface area (Å²) < 4.78 is 0. The summed E-state index contributed by atoms with van der Waals surface area (Å²) >= 11 is 1.80. The highest BCUT2D eigenvalue weighted by molar-refractivity contribution is 7.10. The van der Waals surface area contributed by atoms with E-state index in [0.717, 1.165) is 24.2 Å². The number of benzene rings is 2. The fourth-order valence-electron chi connectivity index (χ4n) is 4.37. The van der Waals surface area contributed by atoms with Crippen LogP contribution in [0.25, 0.3) is 0 Å². The van der Waals surface area contributed by atoms with Gasteiger partial charge in [0.25, 0.3) is 0 Å². The first kappa shape index (κ1) is 20.8. The van der Waals surface area contributed by atoms with Crippen molar-refractivity contribution in [1.29, 1.82) is 0 Å². The molecule has 4 nitrogen and oxygen atoms in total. The summed E-state index contributed by atoms with van der Waals surface area (Å²) in [6, 6.07) is 24.8. The maximum absolute atomic E-state index is 13.4. The van der Waals surface area contributed by atoms with Crippen LogP contribution < -0.4 is 15.1 Å². The first-order valence-electron chi connectivity index (χ1n) is 10.8. The molecule has 2 heterocycles. The van der Waals surface area contributed by atoms with E-state index in [1.165, 1.54) is 18.0 Å². The van der Waals surface area contributed by atoms with Gasteiger partial charge in [-0.1, -0.05) is 66.7 Å². The van der Waals surface area contributed by atoms with E-state index >= 15 is 0 Å². The van der Waals surface area contributed by atoms with E-state index in [0.29, 0.717) is 12.6 Å². The Labute approximate surface area is 183 Å². The summed E-state index contributed by atoms with van der Waals surface area (Å²) in [5.74, 6) is -0.212. The molecule has 0 saturated carbocycles. The highest BCUT2D eigenvalue weighted by atomic mass is 32.1. The Morgan fingerprint density at radius 3 is 2.03 bits per heavy atom. The molecular formula is C25H31N3OS+2. The van der Waals surface area contributed by atoms with Crippen LogP contribution in [-0.2, 0) is 4.79 Å². The van der Waals surface area contributed by atoms with Crippen molar-refractivity contribution in [2.45, 2.75) is 12.0 Å². The van der Waals surface area contributed by atoms with E-state index in [-0.39, 0.29) is 11.8 Å². The molecule has 1 aliphatic rings. The average molecular weight is 422 g/mol. The van der Waals surface area contributed by atoms with Crippen LogP contribution in [-0.4, -0.2) is 45.7 Å². The molecule has 1 saturated heterocycles. The molecule has 30 heavy (non-hydrogen) atoms. The van der Waals surface area contributed by atoms with Crippen LogP contribution >= 0.6 is 11.3 Å². The van der Waals surface area contributed by atoms with Crippen molar-refractivity contribution in [3.8, 4) is 0 Å².